The average molecular weight is 186 g/mol. The number of aliphatic hydroxyl groups excluding tert-OH is 1. The molecule has 2 nitrogen and oxygen atoms in total. The normalized spacial score (nSPS) is 21.7. The van der Waals surface area contributed by atoms with E-state index in [0.29, 0.717) is 12.5 Å². The molecule has 0 radical (unpaired) electrons. The van der Waals surface area contributed by atoms with Crippen LogP contribution in [0.1, 0.15) is 38.5 Å². The van der Waals surface area contributed by atoms with Gasteiger partial charge in [-0.05, 0) is 18.3 Å². The minimum atomic E-state index is 0.341. The topological polar surface area (TPSA) is 29.5 Å². The molecule has 0 aliphatic heterocycles. The summed E-state index contributed by atoms with van der Waals surface area (Å²) in [6.07, 6.45) is 7.75. The van der Waals surface area contributed by atoms with Crippen LogP contribution in [0.2, 0.25) is 0 Å². The lowest BCUT2D eigenvalue weighted by atomic mass is 9.79. The quantitative estimate of drug-likeness (QED) is 0.713. The van der Waals surface area contributed by atoms with E-state index in [1.807, 2.05) is 0 Å². The molecule has 1 aliphatic carbocycles. The Balaban J connectivity index is 2.26. The fourth-order valence-electron chi connectivity index (χ4n) is 2.35. The van der Waals surface area contributed by atoms with Crippen molar-refractivity contribution in [2.75, 3.05) is 20.3 Å². The lowest BCUT2D eigenvalue weighted by Gasteiger charge is -2.28. The van der Waals surface area contributed by atoms with Crippen LogP contribution in [-0.2, 0) is 4.74 Å². The highest BCUT2D eigenvalue weighted by atomic mass is 16.5. The van der Waals surface area contributed by atoms with Crippen molar-refractivity contribution in [3.05, 3.63) is 0 Å². The van der Waals surface area contributed by atoms with Crippen molar-refractivity contribution >= 4 is 0 Å². The van der Waals surface area contributed by atoms with Gasteiger partial charge in [0.25, 0.3) is 0 Å². The first-order valence-corrected chi connectivity index (χ1v) is 5.48. The standard InChI is InChI=1S/C11H22O2/c1-13-8-7-11(9-12)10-5-3-2-4-6-10/h10-12H,2-9H2,1H3. The van der Waals surface area contributed by atoms with Crippen molar-refractivity contribution < 1.29 is 9.84 Å². The summed E-state index contributed by atoms with van der Waals surface area (Å²) in [5, 5.41) is 9.25. The first-order chi connectivity index (χ1) is 6.38. The molecular formula is C11H22O2. The minimum Gasteiger partial charge on any atom is -0.396 e. The third-order valence-corrected chi connectivity index (χ3v) is 3.24. The first-order valence-electron chi connectivity index (χ1n) is 5.48. The van der Waals surface area contributed by atoms with E-state index in [2.05, 4.69) is 0 Å². The lowest BCUT2D eigenvalue weighted by molar-refractivity contribution is 0.102. The number of rotatable bonds is 5. The van der Waals surface area contributed by atoms with E-state index in [1.54, 1.807) is 7.11 Å². The van der Waals surface area contributed by atoms with Crippen molar-refractivity contribution in [3.63, 3.8) is 0 Å². The predicted octanol–water partition coefficient (Wildman–Crippen LogP) is 2.21. The third kappa shape index (κ3) is 3.65. The fraction of sp³-hybridized carbons (Fsp3) is 1.00. The van der Waals surface area contributed by atoms with E-state index in [-0.39, 0.29) is 0 Å². The molecule has 1 saturated carbocycles. The molecular weight excluding hydrogens is 164 g/mol. The molecule has 13 heavy (non-hydrogen) atoms. The maximum Gasteiger partial charge on any atom is 0.0465 e. The Bertz CT molecular complexity index is 119. The van der Waals surface area contributed by atoms with Gasteiger partial charge in [0.1, 0.15) is 0 Å². The summed E-state index contributed by atoms with van der Waals surface area (Å²) in [4.78, 5) is 0. The van der Waals surface area contributed by atoms with E-state index in [1.165, 1.54) is 32.1 Å². The van der Waals surface area contributed by atoms with Gasteiger partial charge in [-0.3, -0.25) is 0 Å². The predicted molar refractivity (Wildman–Crippen MR) is 53.6 cm³/mol. The molecule has 0 aromatic carbocycles. The van der Waals surface area contributed by atoms with Crippen LogP contribution in [0.4, 0.5) is 0 Å². The van der Waals surface area contributed by atoms with Crippen molar-refractivity contribution in [2.45, 2.75) is 38.5 Å². The molecule has 0 aromatic heterocycles. The molecule has 78 valence electrons. The van der Waals surface area contributed by atoms with Crippen LogP contribution < -0.4 is 0 Å². The van der Waals surface area contributed by atoms with Crippen LogP contribution >= 0.6 is 0 Å². The van der Waals surface area contributed by atoms with Crippen molar-refractivity contribution in [3.8, 4) is 0 Å². The van der Waals surface area contributed by atoms with Gasteiger partial charge in [0.2, 0.25) is 0 Å². The van der Waals surface area contributed by atoms with E-state index in [4.69, 9.17) is 4.74 Å². The van der Waals surface area contributed by atoms with Crippen molar-refractivity contribution in [1.82, 2.24) is 0 Å². The summed E-state index contributed by atoms with van der Waals surface area (Å²) in [7, 11) is 1.73. The molecule has 0 amide bonds. The zero-order valence-corrected chi connectivity index (χ0v) is 8.67. The highest BCUT2D eigenvalue weighted by Gasteiger charge is 2.22. The third-order valence-electron chi connectivity index (χ3n) is 3.24. The van der Waals surface area contributed by atoms with Gasteiger partial charge in [0, 0.05) is 20.3 Å². The first kappa shape index (κ1) is 11.0. The Morgan fingerprint density at radius 3 is 2.54 bits per heavy atom. The summed E-state index contributed by atoms with van der Waals surface area (Å²) in [6, 6.07) is 0. The lowest BCUT2D eigenvalue weighted by Crippen LogP contribution is -2.22. The molecule has 1 fully saturated rings. The molecule has 0 saturated heterocycles. The minimum absolute atomic E-state index is 0.341. The molecule has 2 heteroatoms. The number of hydrogen-bond acceptors (Lipinski definition) is 2. The van der Waals surface area contributed by atoms with Gasteiger partial charge in [-0.15, -0.1) is 0 Å². The van der Waals surface area contributed by atoms with Crippen LogP contribution in [-0.4, -0.2) is 25.4 Å². The molecule has 1 unspecified atom stereocenters. The second-order valence-corrected chi connectivity index (χ2v) is 4.12. The number of hydrogen-bond donors (Lipinski definition) is 1. The summed E-state index contributed by atoms with van der Waals surface area (Å²) in [5.41, 5.74) is 0. The second-order valence-electron chi connectivity index (χ2n) is 4.12. The zero-order chi connectivity index (χ0) is 9.52. The van der Waals surface area contributed by atoms with Crippen molar-refractivity contribution in [2.24, 2.45) is 11.8 Å². The zero-order valence-electron chi connectivity index (χ0n) is 8.67. The average Bonchev–Trinajstić information content (AvgIpc) is 2.21. The largest absolute Gasteiger partial charge is 0.396 e. The summed E-state index contributed by atoms with van der Waals surface area (Å²) in [5.74, 6) is 1.24. The fourth-order valence-corrected chi connectivity index (χ4v) is 2.35. The maximum absolute atomic E-state index is 9.25. The van der Waals surface area contributed by atoms with Crippen LogP contribution in [0.5, 0.6) is 0 Å². The molecule has 0 heterocycles. The van der Waals surface area contributed by atoms with Gasteiger partial charge in [0.15, 0.2) is 0 Å². The second kappa shape index (κ2) is 6.39. The maximum atomic E-state index is 9.25. The van der Waals surface area contributed by atoms with E-state index in [9.17, 15) is 5.11 Å². The highest BCUT2D eigenvalue weighted by Crippen LogP contribution is 2.31. The van der Waals surface area contributed by atoms with E-state index in [0.717, 1.165) is 18.9 Å². The van der Waals surface area contributed by atoms with Gasteiger partial charge in [-0.1, -0.05) is 32.1 Å². The Hall–Kier alpha value is -0.0800. The molecule has 1 aliphatic rings. The van der Waals surface area contributed by atoms with Crippen LogP contribution in [0.25, 0.3) is 0 Å². The van der Waals surface area contributed by atoms with Gasteiger partial charge in [0.05, 0.1) is 0 Å². The summed E-state index contributed by atoms with van der Waals surface area (Å²) in [6.45, 7) is 1.13. The number of ether oxygens (including phenoxy) is 1. The highest BCUT2D eigenvalue weighted by molar-refractivity contribution is 4.73. The van der Waals surface area contributed by atoms with Gasteiger partial charge >= 0.3 is 0 Å². The van der Waals surface area contributed by atoms with Gasteiger partial charge in [-0.25, -0.2) is 0 Å². The SMILES string of the molecule is COCCC(CO)C1CCCCC1. The van der Waals surface area contributed by atoms with Crippen LogP contribution in [0.3, 0.4) is 0 Å². The molecule has 0 aromatic rings. The van der Waals surface area contributed by atoms with Gasteiger partial charge < -0.3 is 9.84 Å². The Morgan fingerprint density at radius 2 is 2.00 bits per heavy atom. The van der Waals surface area contributed by atoms with E-state index >= 15 is 0 Å². The molecule has 1 N–H and O–H groups in total. The number of aliphatic hydroxyl groups is 1. The Kier molecular flexibility index (Phi) is 5.40. The molecule has 1 atom stereocenters. The molecule has 0 bridgehead atoms. The monoisotopic (exact) mass is 186 g/mol. The number of methoxy groups -OCH3 is 1. The Morgan fingerprint density at radius 1 is 1.31 bits per heavy atom. The smallest absolute Gasteiger partial charge is 0.0465 e. The van der Waals surface area contributed by atoms with E-state index < -0.39 is 0 Å². The summed E-state index contributed by atoms with van der Waals surface area (Å²) >= 11 is 0. The van der Waals surface area contributed by atoms with Crippen molar-refractivity contribution in [1.29, 1.82) is 0 Å². The summed E-state index contributed by atoms with van der Waals surface area (Å²) < 4.78 is 5.05. The Labute approximate surface area is 81.3 Å². The molecule has 1 rings (SSSR count). The van der Waals surface area contributed by atoms with Crippen LogP contribution in [0.15, 0.2) is 0 Å². The molecule has 0 spiro atoms. The van der Waals surface area contributed by atoms with Gasteiger partial charge in [-0.2, -0.15) is 0 Å². The van der Waals surface area contributed by atoms with Crippen LogP contribution in [0, 0.1) is 11.8 Å².